The molecule has 5 aromatic rings. The number of nitrogens with one attached hydrogen (secondary N) is 1. The molecule has 8 heteroatoms. The van der Waals surface area contributed by atoms with Gasteiger partial charge in [0.1, 0.15) is 17.8 Å². The zero-order valence-corrected chi connectivity index (χ0v) is 19.4. The Balaban J connectivity index is 1.43. The normalized spacial score (nSPS) is 10.9. The van der Waals surface area contributed by atoms with E-state index in [1.54, 1.807) is 29.1 Å². The number of carbonyl (C=O) groups excluding carboxylic acids is 1. The summed E-state index contributed by atoms with van der Waals surface area (Å²) in [5, 5.41) is 12.6. The van der Waals surface area contributed by atoms with Crippen molar-refractivity contribution in [1.82, 2.24) is 14.5 Å². The van der Waals surface area contributed by atoms with E-state index in [0.717, 1.165) is 22.2 Å². The van der Waals surface area contributed by atoms with Gasteiger partial charge in [0.15, 0.2) is 0 Å². The number of amides is 1. The highest BCUT2D eigenvalue weighted by atomic mass is 35.5. The first kappa shape index (κ1) is 22.4. The number of aryl methyl sites for hydroxylation is 1. The maximum Gasteiger partial charge on any atom is 0.308 e. The third-order valence-electron chi connectivity index (χ3n) is 5.60. The lowest BCUT2D eigenvalue weighted by atomic mass is 10.1. The highest BCUT2D eigenvalue weighted by molar-refractivity contribution is 6.30. The zero-order chi connectivity index (χ0) is 24.2. The summed E-state index contributed by atoms with van der Waals surface area (Å²) < 4.78 is 7.96. The van der Waals surface area contributed by atoms with Gasteiger partial charge in [-0.05, 0) is 35.9 Å². The molecule has 3 aromatic carbocycles. The molecule has 7 nitrogen and oxygen atoms in total. The first-order valence-electron chi connectivity index (χ1n) is 11.0. The SMILES string of the molecule is N#CCc1ccccc1NC(=O)CCc1oc(-n2cnc3ccccc32)nc1-c1ccc(Cl)cc1. The lowest BCUT2D eigenvalue weighted by Gasteiger charge is -2.08. The largest absolute Gasteiger partial charge is 0.427 e. The number of carbonyl (C=O) groups is 1. The number of nitrogens with zero attached hydrogens (tertiary/aromatic N) is 4. The van der Waals surface area contributed by atoms with Gasteiger partial charge in [-0.3, -0.25) is 9.36 Å². The van der Waals surface area contributed by atoms with E-state index in [-0.39, 0.29) is 18.7 Å². The molecule has 0 bridgehead atoms. The predicted octanol–water partition coefficient (Wildman–Crippen LogP) is 5.97. The maximum absolute atomic E-state index is 12.8. The molecule has 0 aliphatic carbocycles. The molecule has 0 atom stereocenters. The van der Waals surface area contributed by atoms with Crippen LogP contribution in [0.2, 0.25) is 5.02 Å². The minimum atomic E-state index is -0.177. The molecular weight excluding hydrogens is 462 g/mol. The van der Waals surface area contributed by atoms with E-state index in [0.29, 0.717) is 34.6 Å². The topological polar surface area (TPSA) is 96.7 Å². The number of hydrogen-bond acceptors (Lipinski definition) is 5. The molecule has 0 saturated heterocycles. The molecule has 1 amide bonds. The molecule has 0 aliphatic rings. The quantitative estimate of drug-likeness (QED) is 0.309. The molecule has 0 aliphatic heterocycles. The molecule has 0 radical (unpaired) electrons. The third-order valence-corrected chi connectivity index (χ3v) is 5.86. The fourth-order valence-electron chi connectivity index (χ4n) is 3.88. The molecular formula is C27H20ClN5O2. The Morgan fingerprint density at radius 1 is 1.06 bits per heavy atom. The third kappa shape index (κ3) is 4.79. The van der Waals surface area contributed by atoms with Crippen LogP contribution in [0.5, 0.6) is 0 Å². The van der Waals surface area contributed by atoms with Crippen LogP contribution in [0.1, 0.15) is 17.7 Å². The van der Waals surface area contributed by atoms with Crippen LogP contribution in [-0.2, 0) is 17.6 Å². The number of oxazole rings is 1. The second kappa shape index (κ2) is 9.84. The van der Waals surface area contributed by atoms with Gasteiger partial charge in [-0.25, -0.2) is 4.98 Å². The number of rotatable bonds is 7. The first-order chi connectivity index (χ1) is 17.1. The minimum absolute atomic E-state index is 0.177. The predicted molar refractivity (Wildman–Crippen MR) is 134 cm³/mol. The van der Waals surface area contributed by atoms with Crippen molar-refractivity contribution in [2.75, 3.05) is 5.32 Å². The van der Waals surface area contributed by atoms with Gasteiger partial charge in [-0.2, -0.15) is 10.2 Å². The summed E-state index contributed by atoms with van der Waals surface area (Å²) in [6.45, 7) is 0. The van der Waals surface area contributed by atoms with Gasteiger partial charge in [0.2, 0.25) is 5.91 Å². The van der Waals surface area contributed by atoms with Gasteiger partial charge in [0, 0.05) is 29.1 Å². The standard InChI is InChI=1S/C27H20ClN5O2/c28-20-11-9-19(10-12-20)26-24(13-14-25(34)31-21-6-2-1-5-18(21)15-16-29)35-27(32-26)33-17-30-22-7-3-4-8-23(22)33/h1-12,17H,13-15H2,(H,31,34). The van der Waals surface area contributed by atoms with Gasteiger partial charge >= 0.3 is 6.01 Å². The lowest BCUT2D eigenvalue weighted by Crippen LogP contribution is -2.13. The van der Waals surface area contributed by atoms with E-state index in [9.17, 15) is 4.79 Å². The number of benzene rings is 3. The fourth-order valence-corrected chi connectivity index (χ4v) is 4.00. The van der Waals surface area contributed by atoms with Crippen molar-refractivity contribution in [3.63, 3.8) is 0 Å². The van der Waals surface area contributed by atoms with E-state index in [2.05, 4.69) is 16.4 Å². The molecule has 0 spiro atoms. The average molecular weight is 482 g/mol. The van der Waals surface area contributed by atoms with Crippen molar-refractivity contribution in [1.29, 1.82) is 5.26 Å². The number of aromatic nitrogens is 3. The van der Waals surface area contributed by atoms with Crippen molar-refractivity contribution in [2.45, 2.75) is 19.3 Å². The average Bonchev–Trinajstić information content (AvgIpc) is 3.49. The van der Waals surface area contributed by atoms with Crippen LogP contribution >= 0.6 is 11.6 Å². The molecule has 0 saturated carbocycles. The maximum atomic E-state index is 12.8. The van der Waals surface area contributed by atoms with Crippen molar-refractivity contribution < 1.29 is 9.21 Å². The van der Waals surface area contributed by atoms with Crippen LogP contribution in [0.25, 0.3) is 28.3 Å². The van der Waals surface area contributed by atoms with Gasteiger partial charge in [0.25, 0.3) is 0 Å². The van der Waals surface area contributed by atoms with Crippen LogP contribution in [0.4, 0.5) is 5.69 Å². The number of para-hydroxylation sites is 3. The summed E-state index contributed by atoms with van der Waals surface area (Å²) in [6, 6.07) is 24.8. The van der Waals surface area contributed by atoms with E-state index >= 15 is 0 Å². The Bertz CT molecular complexity index is 1550. The molecule has 1 N–H and O–H groups in total. The van der Waals surface area contributed by atoms with Crippen molar-refractivity contribution in [3.05, 3.63) is 95.5 Å². The Morgan fingerprint density at radius 3 is 2.66 bits per heavy atom. The lowest BCUT2D eigenvalue weighted by molar-refractivity contribution is -0.116. The monoisotopic (exact) mass is 481 g/mol. The molecule has 2 heterocycles. The van der Waals surface area contributed by atoms with E-state index < -0.39 is 0 Å². The molecule has 2 aromatic heterocycles. The number of halogens is 1. The number of anilines is 1. The Labute approximate surface area is 206 Å². The van der Waals surface area contributed by atoms with Crippen LogP contribution in [0.15, 0.2) is 83.5 Å². The van der Waals surface area contributed by atoms with Crippen LogP contribution in [0, 0.1) is 11.3 Å². The molecule has 172 valence electrons. The van der Waals surface area contributed by atoms with E-state index in [4.69, 9.17) is 26.3 Å². The van der Waals surface area contributed by atoms with E-state index in [1.807, 2.05) is 54.6 Å². The van der Waals surface area contributed by atoms with Crippen molar-refractivity contribution in [3.8, 4) is 23.3 Å². The number of hydrogen-bond donors (Lipinski definition) is 1. The summed E-state index contributed by atoms with van der Waals surface area (Å²) >= 11 is 6.08. The van der Waals surface area contributed by atoms with Crippen molar-refractivity contribution in [2.24, 2.45) is 0 Å². The minimum Gasteiger partial charge on any atom is -0.427 e. The van der Waals surface area contributed by atoms with Crippen LogP contribution < -0.4 is 5.32 Å². The Hall–Kier alpha value is -4.41. The summed E-state index contributed by atoms with van der Waals surface area (Å²) in [5.74, 6) is 0.407. The second-order valence-electron chi connectivity index (χ2n) is 7.92. The van der Waals surface area contributed by atoms with Gasteiger partial charge < -0.3 is 9.73 Å². The highest BCUT2D eigenvalue weighted by Crippen LogP contribution is 2.29. The summed E-state index contributed by atoms with van der Waals surface area (Å²) in [6.07, 6.45) is 2.41. The number of nitriles is 1. The Morgan fingerprint density at radius 2 is 1.83 bits per heavy atom. The second-order valence-corrected chi connectivity index (χ2v) is 8.36. The Kier molecular flexibility index (Phi) is 6.29. The van der Waals surface area contributed by atoms with Crippen LogP contribution in [-0.4, -0.2) is 20.4 Å². The zero-order valence-electron chi connectivity index (χ0n) is 18.6. The van der Waals surface area contributed by atoms with Crippen molar-refractivity contribution >= 4 is 34.2 Å². The fraction of sp³-hybridized carbons (Fsp3) is 0.111. The summed E-state index contributed by atoms with van der Waals surface area (Å²) in [5.41, 5.74) is 4.60. The summed E-state index contributed by atoms with van der Waals surface area (Å²) in [4.78, 5) is 21.9. The van der Waals surface area contributed by atoms with Gasteiger partial charge in [-0.1, -0.05) is 54.1 Å². The number of imidazole rings is 1. The smallest absolute Gasteiger partial charge is 0.308 e. The first-order valence-corrected chi connectivity index (χ1v) is 11.4. The van der Waals surface area contributed by atoms with Crippen LogP contribution in [0.3, 0.4) is 0 Å². The number of fused-ring (bicyclic) bond motifs is 1. The molecule has 0 fully saturated rings. The molecule has 5 rings (SSSR count). The molecule has 0 unspecified atom stereocenters. The van der Waals surface area contributed by atoms with Gasteiger partial charge in [-0.15, -0.1) is 0 Å². The highest BCUT2D eigenvalue weighted by Gasteiger charge is 2.19. The van der Waals surface area contributed by atoms with E-state index in [1.165, 1.54) is 0 Å². The van der Waals surface area contributed by atoms with Gasteiger partial charge in [0.05, 0.1) is 23.5 Å². The summed E-state index contributed by atoms with van der Waals surface area (Å²) in [7, 11) is 0. The molecule has 35 heavy (non-hydrogen) atoms.